The Bertz CT molecular complexity index is 1320. The number of hydrogen-bond acceptors (Lipinski definition) is 3. The maximum absolute atomic E-state index is 13.4. The Hall–Kier alpha value is -3.35. The van der Waals surface area contributed by atoms with E-state index >= 15 is 0 Å². The van der Waals surface area contributed by atoms with Gasteiger partial charge in [-0.1, -0.05) is 25.3 Å². The number of carbonyl (C=O) groups is 2. The van der Waals surface area contributed by atoms with E-state index in [9.17, 15) is 14.7 Å². The minimum Gasteiger partial charge on any atom is -0.465 e. The summed E-state index contributed by atoms with van der Waals surface area (Å²) in [6.07, 6.45) is 11.0. The predicted molar refractivity (Wildman–Crippen MR) is 139 cm³/mol. The molecule has 1 aromatic carbocycles. The Morgan fingerprint density at radius 1 is 1.03 bits per heavy atom. The van der Waals surface area contributed by atoms with Gasteiger partial charge in [-0.2, -0.15) is 0 Å². The molecule has 7 nitrogen and oxygen atoms in total. The van der Waals surface area contributed by atoms with Gasteiger partial charge in [-0.05, 0) is 79.0 Å². The largest absolute Gasteiger partial charge is 0.465 e. The highest BCUT2D eigenvalue weighted by atomic mass is 16.4. The van der Waals surface area contributed by atoms with Crippen molar-refractivity contribution >= 4 is 23.0 Å². The number of aromatic nitrogens is 2. The number of pyridine rings is 1. The van der Waals surface area contributed by atoms with Gasteiger partial charge in [0.15, 0.2) is 0 Å². The molecule has 2 aromatic heterocycles. The minimum atomic E-state index is -0.867. The first-order valence-electron chi connectivity index (χ1n) is 13.4. The van der Waals surface area contributed by atoms with E-state index in [0.717, 1.165) is 90.3 Å². The maximum Gasteiger partial charge on any atom is 0.407 e. The van der Waals surface area contributed by atoms with E-state index in [1.54, 1.807) is 4.90 Å². The molecule has 0 bridgehead atoms. The number of aromatic amines is 1. The fraction of sp³-hybridized carbons (Fsp3) is 0.483. The van der Waals surface area contributed by atoms with Crippen LogP contribution in [0.2, 0.25) is 0 Å². The number of carboxylic acid groups (broad SMARTS) is 1. The van der Waals surface area contributed by atoms with Crippen LogP contribution in [0.3, 0.4) is 0 Å². The van der Waals surface area contributed by atoms with Gasteiger partial charge in [-0.3, -0.25) is 4.79 Å². The second kappa shape index (κ2) is 9.26. The highest BCUT2D eigenvalue weighted by Crippen LogP contribution is 2.40. The summed E-state index contributed by atoms with van der Waals surface area (Å²) < 4.78 is 0. The lowest BCUT2D eigenvalue weighted by Gasteiger charge is -2.36. The van der Waals surface area contributed by atoms with Crippen molar-refractivity contribution in [3.05, 3.63) is 52.8 Å². The van der Waals surface area contributed by atoms with Crippen molar-refractivity contribution in [2.45, 2.75) is 70.9 Å². The van der Waals surface area contributed by atoms with E-state index in [1.807, 2.05) is 17.3 Å². The zero-order valence-corrected chi connectivity index (χ0v) is 20.9. The molecule has 1 saturated heterocycles. The molecular formula is C29H34N4O3. The molecule has 0 unspecified atom stereocenters. The number of amides is 2. The lowest BCUT2D eigenvalue weighted by molar-refractivity contribution is -0.137. The summed E-state index contributed by atoms with van der Waals surface area (Å²) >= 11 is 0. The molecule has 2 aliphatic heterocycles. The molecule has 7 heteroatoms. The monoisotopic (exact) mass is 486 g/mol. The van der Waals surface area contributed by atoms with Crippen molar-refractivity contribution in [2.75, 3.05) is 13.1 Å². The van der Waals surface area contributed by atoms with Crippen molar-refractivity contribution in [3.63, 3.8) is 0 Å². The third-order valence-electron chi connectivity index (χ3n) is 8.57. The van der Waals surface area contributed by atoms with Crippen LogP contribution < -0.4 is 0 Å². The molecule has 1 aliphatic carbocycles. The molecule has 0 spiro atoms. The van der Waals surface area contributed by atoms with Crippen molar-refractivity contribution in [1.82, 2.24) is 19.8 Å². The first kappa shape index (κ1) is 23.1. The van der Waals surface area contributed by atoms with Crippen LogP contribution in [-0.4, -0.2) is 50.0 Å². The smallest absolute Gasteiger partial charge is 0.407 e. The first-order chi connectivity index (χ1) is 17.5. The number of likely N-dealkylation sites (tertiary alicyclic amines) is 1. The van der Waals surface area contributed by atoms with Gasteiger partial charge in [0, 0.05) is 48.9 Å². The normalized spacial score (nSPS) is 20.6. The molecule has 2 amide bonds. The third kappa shape index (κ3) is 4.04. The molecular weight excluding hydrogens is 452 g/mol. The Morgan fingerprint density at radius 2 is 1.86 bits per heavy atom. The number of nitrogens with one attached hydrogen (secondary N) is 1. The molecule has 2 fully saturated rings. The topological polar surface area (TPSA) is 89.5 Å². The number of nitrogens with zero attached hydrogens (tertiary/aromatic N) is 3. The van der Waals surface area contributed by atoms with E-state index in [0.29, 0.717) is 13.1 Å². The van der Waals surface area contributed by atoms with Crippen molar-refractivity contribution in [3.8, 4) is 11.1 Å². The average molecular weight is 487 g/mol. The van der Waals surface area contributed by atoms with Crippen LogP contribution in [0.1, 0.15) is 73.2 Å². The summed E-state index contributed by atoms with van der Waals surface area (Å²) in [7, 11) is 0. The fourth-order valence-electron chi connectivity index (χ4n) is 6.57. The van der Waals surface area contributed by atoms with Crippen LogP contribution in [0.5, 0.6) is 0 Å². The highest BCUT2D eigenvalue weighted by molar-refractivity contribution is 5.85. The van der Waals surface area contributed by atoms with Crippen molar-refractivity contribution < 1.29 is 14.7 Å². The molecule has 0 radical (unpaired) electrons. The summed E-state index contributed by atoms with van der Waals surface area (Å²) in [5, 5.41) is 11.0. The third-order valence-corrected chi connectivity index (χ3v) is 8.57. The summed E-state index contributed by atoms with van der Waals surface area (Å²) in [4.78, 5) is 37.0. The van der Waals surface area contributed by atoms with Crippen molar-refractivity contribution in [1.29, 1.82) is 0 Å². The quantitative estimate of drug-likeness (QED) is 0.488. The predicted octanol–water partition coefficient (Wildman–Crippen LogP) is 5.82. The van der Waals surface area contributed by atoms with Gasteiger partial charge in [-0.25, -0.2) is 9.78 Å². The molecule has 36 heavy (non-hydrogen) atoms. The van der Waals surface area contributed by atoms with Crippen LogP contribution in [0.15, 0.2) is 30.6 Å². The second-order valence-corrected chi connectivity index (χ2v) is 10.8. The summed E-state index contributed by atoms with van der Waals surface area (Å²) in [6.45, 7) is 3.94. The molecule has 6 rings (SSSR count). The Balaban J connectivity index is 1.41. The maximum atomic E-state index is 13.4. The average Bonchev–Trinajstić information content (AvgIpc) is 3.55. The van der Waals surface area contributed by atoms with E-state index in [2.05, 4.69) is 35.1 Å². The number of benzene rings is 1. The van der Waals surface area contributed by atoms with E-state index < -0.39 is 6.09 Å². The summed E-state index contributed by atoms with van der Waals surface area (Å²) in [6, 6.07) is 6.41. The number of H-pyrrole nitrogens is 1. The zero-order valence-electron chi connectivity index (χ0n) is 20.9. The van der Waals surface area contributed by atoms with E-state index in [-0.39, 0.29) is 17.9 Å². The van der Waals surface area contributed by atoms with E-state index in [4.69, 9.17) is 0 Å². The van der Waals surface area contributed by atoms with E-state index in [1.165, 1.54) is 12.0 Å². The molecule has 3 aromatic rings. The number of hydrogen-bond donors (Lipinski definition) is 2. The molecule has 1 atom stereocenters. The molecule has 3 aliphatic rings. The van der Waals surface area contributed by atoms with Gasteiger partial charge in [0.1, 0.15) is 5.65 Å². The molecule has 2 N–H and O–H groups in total. The number of fused-ring (bicyclic) bond motifs is 2. The second-order valence-electron chi connectivity index (χ2n) is 10.8. The van der Waals surface area contributed by atoms with Gasteiger partial charge in [0.2, 0.25) is 5.91 Å². The molecule has 4 heterocycles. The summed E-state index contributed by atoms with van der Waals surface area (Å²) in [5.74, 6) is 0.432. The minimum absolute atomic E-state index is 0.146. The van der Waals surface area contributed by atoms with Crippen LogP contribution in [0, 0.1) is 12.8 Å². The van der Waals surface area contributed by atoms with Gasteiger partial charge in [0.05, 0.1) is 6.04 Å². The summed E-state index contributed by atoms with van der Waals surface area (Å²) in [5.41, 5.74) is 7.59. The van der Waals surface area contributed by atoms with Gasteiger partial charge >= 0.3 is 6.09 Å². The zero-order chi connectivity index (χ0) is 24.8. The number of aryl methyl sites for hydroxylation is 1. The molecule has 1 saturated carbocycles. The standard InChI is InChI=1S/C29H34N4O3/c1-18-15-30-27-23(18)14-22(16-31-27)21-12-20-9-11-32(28(34)19-6-3-2-4-7-19)17-25(20)24(13-21)26-8-5-10-33(26)29(35)36/h12-16,19,26H,2-11,17H2,1H3,(H,30,31)(H,35,36)/t26-/m0/s1. The fourth-order valence-corrected chi connectivity index (χ4v) is 6.57. The lowest BCUT2D eigenvalue weighted by Crippen LogP contribution is -2.41. The van der Waals surface area contributed by atoms with Gasteiger partial charge in [0.25, 0.3) is 0 Å². The SMILES string of the molecule is Cc1c[nH]c2ncc(-c3cc4c(c([C@@H]5CCCN5C(=O)O)c3)CN(C(=O)C3CCCCC3)CC4)cc12. The Morgan fingerprint density at radius 3 is 2.67 bits per heavy atom. The van der Waals surface area contributed by atoms with Gasteiger partial charge < -0.3 is 19.9 Å². The first-order valence-corrected chi connectivity index (χ1v) is 13.4. The number of rotatable bonds is 3. The Labute approximate surface area is 211 Å². The lowest BCUT2D eigenvalue weighted by atomic mass is 9.85. The van der Waals surface area contributed by atoms with Crippen LogP contribution in [-0.2, 0) is 17.8 Å². The molecule has 188 valence electrons. The van der Waals surface area contributed by atoms with Gasteiger partial charge in [-0.15, -0.1) is 0 Å². The van der Waals surface area contributed by atoms with Crippen LogP contribution in [0.4, 0.5) is 4.79 Å². The highest BCUT2D eigenvalue weighted by Gasteiger charge is 2.35. The number of carbonyl (C=O) groups excluding carboxylic acids is 1. The van der Waals surface area contributed by atoms with Crippen LogP contribution >= 0.6 is 0 Å². The van der Waals surface area contributed by atoms with Crippen LogP contribution in [0.25, 0.3) is 22.2 Å². The Kier molecular flexibility index (Phi) is 5.94. The van der Waals surface area contributed by atoms with Crippen molar-refractivity contribution in [2.24, 2.45) is 5.92 Å².